The van der Waals surface area contributed by atoms with Crippen molar-refractivity contribution in [2.75, 3.05) is 6.54 Å². The van der Waals surface area contributed by atoms with E-state index < -0.39 is 0 Å². The lowest BCUT2D eigenvalue weighted by Gasteiger charge is -2.21. The molecule has 3 heteroatoms. The Labute approximate surface area is 111 Å². The van der Waals surface area contributed by atoms with Crippen LogP contribution in [0.2, 0.25) is 0 Å². The van der Waals surface area contributed by atoms with Gasteiger partial charge in [-0.3, -0.25) is 4.79 Å². The summed E-state index contributed by atoms with van der Waals surface area (Å²) in [5, 5.41) is 6.60. The molecule has 2 rings (SSSR count). The summed E-state index contributed by atoms with van der Waals surface area (Å²) in [5.74, 6) is 1.64. The van der Waals surface area contributed by atoms with Crippen LogP contribution in [0.15, 0.2) is 0 Å². The third kappa shape index (κ3) is 3.47. The van der Waals surface area contributed by atoms with Gasteiger partial charge in [0.25, 0.3) is 0 Å². The Kier molecular flexibility index (Phi) is 5.04. The quantitative estimate of drug-likeness (QED) is 0.789. The van der Waals surface area contributed by atoms with Crippen LogP contribution in [0.1, 0.15) is 58.8 Å². The molecule has 0 aromatic rings. The summed E-state index contributed by atoms with van der Waals surface area (Å²) >= 11 is 0. The lowest BCUT2D eigenvalue weighted by atomic mass is 9.93. The van der Waals surface area contributed by atoms with Gasteiger partial charge in [0.1, 0.15) is 0 Å². The molecule has 2 fully saturated rings. The molecule has 18 heavy (non-hydrogen) atoms. The summed E-state index contributed by atoms with van der Waals surface area (Å²) in [4.78, 5) is 11.9. The first-order valence-corrected chi connectivity index (χ1v) is 7.73. The molecule has 2 aliphatic carbocycles. The molecule has 2 N–H and O–H groups in total. The Hall–Kier alpha value is -0.570. The number of amides is 1. The third-order valence-electron chi connectivity index (χ3n) is 5.00. The van der Waals surface area contributed by atoms with Crippen LogP contribution in [0, 0.1) is 11.8 Å². The van der Waals surface area contributed by atoms with Gasteiger partial charge in [0.15, 0.2) is 0 Å². The zero-order valence-electron chi connectivity index (χ0n) is 11.9. The van der Waals surface area contributed by atoms with Gasteiger partial charge in [0, 0.05) is 12.1 Å². The first-order valence-electron chi connectivity index (χ1n) is 7.73. The van der Waals surface area contributed by atoms with Crippen molar-refractivity contribution < 1.29 is 4.79 Å². The van der Waals surface area contributed by atoms with Crippen LogP contribution in [-0.2, 0) is 4.79 Å². The van der Waals surface area contributed by atoms with Gasteiger partial charge < -0.3 is 10.6 Å². The topological polar surface area (TPSA) is 41.1 Å². The van der Waals surface area contributed by atoms with Crippen molar-refractivity contribution in [2.45, 2.75) is 70.9 Å². The van der Waals surface area contributed by atoms with E-state index in [4.69, 9.17) is 0 Å². The Morgan fingerprint density at radius 1 is 1.17 bits per heavy atom. The molecule has 104 valence electrons. The molecule has 0 saturated heterocycles. The molecule has 0 heterocycles. The van der Waals surface area contributed by atoms with Crippen LogP contribution in [0.3, 0.4) is 0 Å². The van der Waals surface area contributed by atoms with E-state index in [1.165, 1.54) is 38.5 Å². The number of hydrogen-bond acceptors (Lipinski definition) is 2. The van der Waals surface area contributed by atoms with Gasteiger partial charge in [-0.1, -0.05) is 33.1 Å². The van der Waals surface area contributed by atoms with Gasteiger partial charge in [-0.15, -0.1) is 0 Å². The van der Waals surface area contributed by atoms with Crippen molar-refractivity contribution in [2.24, 2.45) is 11.8 Å². The number of carbonyl (C=O) groups is 1. The number of rotatable bonds is 5. The minimum absolute atomic E-state index is 0.190. The van der Waals surface area contributed by atoms with E-state index in [1.807, 2.05) is 0 Å². The molecule has 3 unspecified atom stereocenters. The zero-order chi connectivity index (χ0) is 13.0. The highest BCUT2D eigenvalue weighted by atomic mass is 16.2. The largest absolute Gasteiger partial charge is 0.352 e. The third-order valence-corrected chi connectivity index (χ3v) is 5.00. The molecule has 0 spiro atoms. The predicted molar refractivity (Wildman–Crippen MR) is 74.4 cm³/mol. The lowest BCUT2D eigenvalue weighted by molar-refractivity contribution is -0.121. The molecule has 1 amide bonds. The second kappa shape index (κ2) is 6.55. The molecule has 0 aromatic carbocycles. The fraction of sp³-hybridized carbons (Fsp3) is 0.933. The van der Waals surface area contributed by atoms with Crippen LogP contribution in [0.4, 0.5) is 0 Å². The Balaban J connectivity index is 1.67. The summed E-state index contributed by atoms with van der Waals surface area (Å²) in [6.45, 7) is 5.05. The monoisotopic (exact) mass is 252 g/mol. The van der Waals surface area contributed by atoms with Crippen LogP contribution >= 0.6 is 0 Å². The number of carbonyl (C=O) groups excluding carboxylic acids is 1. The Bertz CT molecular complexity index is 274. The maximum atomic E-state index is 11.9. The smallest absolute Gasteiger partial charge is 0.234 e. The van der Waals surface area contributed by atoms with E-state index in [0.29, 0.717) is 24.5 Å². The van der Waals surface area contributed by atoms with E-state index in [-0.39, 0.29) is 5.91 Å². The Morgan fingerprint density at radius 3 is 2.50 bits per heavy atom. The normalized spacial score (nSPS) is 32.9. The number of nitrogens with one attached hydrogen (secondary N) is 2. The van der Waals surface area contributed by atoms with E-state index in [1.54, 1.807) is 0 Å². The highest BCUT2D eigenvalue weighted by Crippen LogP contribution is 2.33. The summed E-state index contributed by atoms with van der Waals surface area (Å²) < 4.78 is 0. The van der Waals surface area contributed by atoms with E-state index in [0.717, 1.165) is 12.3 Å². The molecule has 0 bridgehead atoms. The summed E-state index contributed by atoms with van der Waals surface area (Å²) in [5.41, 5.74) is 0. The second-order valence-corrected chi connectivity index (χ2v) is 6.14. The van der Waals surface area contributed by atoms with Crippen LogP contribution in [0.25, 0.3) is 0 Å². The van der Waals surface area contributed by atoms with Crippen molar-refractivity contribution in [1.29, 1.82) is 0 Å². The van der Waals surface area contributed by atoms with Crippen LogP contribution < -0.4 is 10.6 Å². The SMILES string of the molecule is CCC1CCC(NC(=O)CNC2CCCC2)C1C. The van der Waals surface area contributed by atoms with Gasteiger partial charge in [-0.2, -0.15) is 0 Å². The van der Waals surface area contributed by atoms with Gasteiger partial charge in [-0.25, -0.2) is 0 Å². The zero-order valence-corrected chi connectivity index (χ0v) is 11.9. The molecule has 2 aliphatic rings. The van der Waals surface area contributed by atoms with Gasteiger partial charge >= 0.3 is 0 Å². The minimum Gasteiger partial charge on any atom is -0.352 e. The van der Waals surface area contributed by atoms with Gasteiger partial charge in [0.2, 0.25) is 5.91 Å². The van der Waals surface area contributed by atoms with Crippen molar-refractivity contribution in [3.8, 4) is 0 Å². The van der Waals surface area contributed by atoms with E-state index in [9.17, 15) is 4.79 Å². The summed E-state index contributed by atoms with van der Waals surface area (Å²) in [6.07, 6.45) is 8.80. The van der Waals surface area contributed by atoms with E-state index in [2.05, 4.69) is 24.5 Å². The molecular weight excluding hydrogens is 224 g/mol. The van der Waals surface area contributed by atoms with Crippen LogP contribution in [-0.4, -0.2) is 24.5 Å². The van der Waals surface area contributed by atoms with Crippen molar-refractivity contribution in [1.82, 2.24) is 10.6 Å². The van der Waals surface area contributed by atoms with Crippen molar-refractivity contribution in [3.05, 3.63) is 0 Å². The van der Waals surface area contributed by atoms with E-state index >= 15 is 0 Å². The number of hydrogen-bond donors (Lipinski definition) is 2. The second-order valence-electron chi connectivity index (χ2n) is 6.14. The van der Waals surface area contributed by atoms with Gasteiger partial charge in [0.05, 0.1) is 6.54 Å². The van der Waals surface area contributed by atoms with Crippen LogP contribution in [0.5, 0.6) is 0 Å². The highest BCUT2D eigenvalue weighted by Gasteiger charge is 2.32. The molecule has 0 aromatic heterocycles. The first-order chi connectivity index (χ1) is 8.70. The molecule has 0 radical (unpaired) electrons. The molecule has 0 aliphatic heterocycles. The first kappa shape index (κ1) is 13.9. The van der Waals surface area contributed by atoms with Crippen molar-refractivity contribution in [3.63, 3.8) is 0 Å². The maximum Gasteiger partial charge on any atom is 0.234 e. The fourth-order valence-electron chi connectivity index (χ4n) is 3.65. The lowest BCUT2D eigenvalue weighted by Crippen LogP contribution is -2.44. The maximum absolute atomic E-state index is 11.9. The summed E-state index contributed by atoms with van der Waals surface area (Å²) in [6, 6.07) is 0.993. The molecule has 2 saturated carbocycles. The van der Waals surface area contributed by atoms with Gasteiger partial charge in [-0.05, 0) is 37.5 Å². The average molecular weight is 252 g/mol. The minimum atomic E-state index is 0.190. The Morgan fingerprint density at radius 2 is 1.89 bits per heavy atom. The predicted octanol–water partition coefficient (Wildman–Crippen LogP) is 2.46. The molecular formula is C15H28N2O. The molecule has 3 nitrogen and oxygen atoms in total. The summed E-state index contributed by atoms with van der Waals surface area (Å²) in [7, 11) is 0. The van der Waals surface area contributed by atoms with Crippen molar-refractivity contribution >= 4 is 5.91 Å². The highest BCUT2D eigenvalue weighted by molar-refractivity contribution is 5.78. The average Bonchev–Trinajstić information content (AvgIpc) is 2.98. The fourth-order valence-corrected chi connectivity index (χ4v) is 3.65. The molecule has 3 atom stereocenters. The standard InChI is InChI=1S/C15H28N2O/c1-3-12-8-9-14(11(12)2)17-15(18)10-16-13-6-4-5-7-13/h11-14,16H,3-10H2,1-2H3,(H,17,18).